The number of aliphatic hydroxyl groups excluding tert-OH is 1. The van der Waals surface area contributed by atoms with E-state index in [1.165, 1.54) is 6.08 Å². The Morgan fingerprint density at radius 2 is 1.87 bits per heavy atom. The number of hydrogen-bond acceptors (Lipinski definition) is 6. The number of ether oxygens (including phenoxy) is 2. The molecule has 1 saturated heterocycles. The second kappa shape index (κ2) is 10.4. The minimum atomic E-state index is -0.989. The van der Waals surface area contributed by atoms with Gasteiger partial charge in [-0.3, -0.25) is 9.59 Å². The summed E-state index contributed by atoms with van der Waals surface area (Å²) < 4.78 is 11.3. The Balaban J connectivity index is 1.67. The van der Waals surface area contributed by atoms with Crippen LogP contribution in [0.5, 0.6) is 0 Å². The molecule has 1 aromatic rings. The molecule has 7 nitrogen and oxygen atoms in total. The minimum Gasteiger partial charge on any atom is -0.482 e. The van der Waals surface area contributed by atoms with Gasteiger partial charge < -0.3 is 14.6 Å². The lowest BCUT2D eigenvalue weighted by Crippen LogP contribution is -2.47. The lowest BCUT2D eigenvalue weighted by Gasteiger charge is -2.28. The summed E-state index contributed by atoms with van der Waals surface area (Å²) in [5, 5.41) is 8.84. The third kappa shape index (κ3) is 5.22. The van der Waals surface area contributed by atoms with Crippen LogP contribution in [-0.2, 0) is 19.1 Å². The molecule has 0 aliphatic carbocycles. The molecule has 0 saturated carbocycles. The van der Waals surface area contributed by atoms with Crippen molar-refractivity contribution in [3.8, 4) is 0 Å². The lowest BCUT2D eigenvalue weighted by molar-refractivity contribution is -0.142. The number of rotatable bonds is 8. The third-order valence-electron chi connectivity index (χ3n) is 5.64. The van der Waals surface area contributed by atoms with E-state index in [4.69, 9.17) is 14.6 Å². The van der Waals surface area contributed by atoms with Crippen molar-refractivity contribution in [3.63, 3.8) is 0 Å². The average Bonchev–Trinajstić information content (AvgIpc) is 3.08. The number of unbranched alkanes of at least 4 members (excludes halogenated alkanes) is 3. The molecule has 2 heterocycles. The number of nitrogens with zero attached hydrogens (tertiary/aromatic N) is 1. The smallest absolute Gasteiger partial charge is 0.417 e. The van der Waals surface area contributed by atoms with E-state index < -0.39 is 36.2 Å². The highest BCUT2D eigenvalue weighted by Crippen LogP contribution is 2.34. The number of ketones is 1. The van der Waals surface area contributed by atoms with Crippen LogP contribution in [0.2, 0.25) is 0 Å². The molecule has 0 spiro atoms. The molecule has 4 atom stereocenters. The maximum absolute atomic E-state index is 13.2. The van der Waals surface area contributed by atoms with Crippen LogP contribution in [-0.4, -0.2) is 46.5 Å². The van der Waals surface area contributed by atoms with Crippen LogP contribution >= 0.6 is 0 Å². The maximum atomic E-state index is 13.2. The van der Waals surface area contributed by atoms with Crippen LogP contribution in [0.3, 0.4) is 0 Å². The van der Waals surface area contributed by atoms with E-state index in [-0.39, 0.29) is 12.4 Å². The minimum absolute atomic E-state index is 0.172. The van der Waals surface area contributed by atoms with Gasteiger partial charge in [0.05, 0.1) is 12.0 Å². The van der Waals surface area contributed by atoms with Crippen LogP contribution in [0.4, 0.5) is 4.79 Å². The van der Waals surface area contributed by atoms with Crippen LogP contribution < -0.4 is 0 Å². The normalized spacial score (nSPS) is 25.5. The maximum Gasteiger partial charge on any atom is 0.417 e. The van der Waals surface area contributed by atoms with Gasteiger partial charge in [0.1, 0.15) is 11.9 Å². The molecule has 31 heavy (non-hydrogen) atoms. The first kappa shape index (κ1) is 22.7. The largest absolute Gasteiger partial charge is 0.482 e. The molecule has 2 aliphatic rings. The number of aliphatic hydroxyl groups is 1. The number of amides is 2. The van der Waals surface area contributed by atoms with Crippen molar-refractivity contribution in [2.75, 3.05) is 6.61 Å². The molecular weight excluding hydrogens is 398 g/mol. The molecule has 2 aliphatic heterocycles. The lowest BCUT2D eigenvalue weighted by atomic mass is 9.95. The van der Waals surface area contributed by atoms with Gasteiger partial charge in [-0.05, 0) is 56.9 Å². The molecule has 3 rings (SSSR count). The number of cyclic esters (lactones) is 1. The number of hydrogen-bond donors (Lipinski definition) is 1. The zero-order chi connectivity index (χ0) is 22.4. The standard InChI is InChI=1S/C24H29NO6/c1-16(21-20(27)14-13-19(30-21)12-8-3-4-9-15-26)23(28)25-17(2)22(31-24(25)29)18-10-6-5-7-11-18/h5-7,10-14,16-17,21-22,26H,3-4,8-9,15H2,1-2H3/t16-,17-,21+,22-/m0/s1. The molecule has 1 fully saturated rings. The molecule has 0 aromatic heterocycles. The predicted molar refractivity (Wildman–Crippen MR) is 114 cm³/mol. The average molecular weight is 427 g/mol. The summed E-state index contributed by atoms with van der Waals surface area (Å²) in [6, 6.07) is 8.76. The van der Waals surface area contributed by atoms with E-state index in [9.17, 15) is 14.4 Å². The van der Waals surface area contributed by atoms with Crippen LogP contribution in [0.15, 0.2) is 54.3 Å². The highest BCUT2D eigenvalue weighted by Gasteiger charge is 2.47. The van der Waals surface area contributed by atoms with Gasteiger partial charge in [-0.1, -0.05) is 36.8 Å². The Hall–Kier alpha value is -2.93. The molecule has 0 unspecified atom stereocenters. The van der Waals surface area contributed by atoms with Gasteiger partial charge in [-0.2, -0.15) is 0 Å². The fourth-order valence-electron chi connectivity index (χ4n) is 3.84. The second-order valence-corrected chi connectivity index (χ2v) is 7.91. The zero-order valence-corrected chi connectivity index (χ0v) is 17.9. The topological polar surface area (TPSA) is 93.1 Å². The quantitative estimate of drug-likeness (QED) is 0.636. The van der Waals surface area contributed by atoms with Crippen molar-refractivity contribution in [1.29, 1.82) is 0 Å². The molecule has 7 heteroatoms. The van der Waals surface area contributed by atoms with Crippen LogP contribution in [0.25, 0.3) is 0 Å². The molecular formula is C24H29NO6. The summed E-state index contributed by atoms with van der Waals surface area (Å²) in [4.78, 5) is 39.1. The fraction of sp³-hybridized carbons (Fsp3) is 0.458. The number of carbonyl (C=O) groups is 3. The molecule has 1 aromatic carbocycles. The molecule has 2 amide bonds. The summed E-state index contributed by atoms with van der Waals surface area (Å²) in [6.45, 7) is 3.53. The summed E-state index contributed by atoms with van der Waals surface area (Å²) in [5.74, 6) is -1.11. The van der Waals surface area contributed by atoms with Gasteiger partial charge in [0.15, 0.2) is 11.9 Å². The van der Waals surface area contributed by atoms with Gasteiger partial charge >= 0.3 is 6.09 Å². The van der Waals surface area contributed by atoms with E-state index in [0.29, 0.717) is 5.76 Å². The van der Waals surface area contributed by atoms with Crippen molar-refractivity contribution in [1.82, 2.24) is 4.90 Å². The van der Waals surface area contributed by atoms with E-state index in [1.54, 1.807) is 19.9 Å². The summed E-state index contributed by atoms with van der Waals surface area (Å²) >= 11 is 0. The van der Waals surface area contributed by atoms with E-state index >= 15 is 0 Å². The summed E-state index contributed by atoms with van der Waals surface area (Å²) in [5.41, 5.74) is 0.811. The van der Waals surface area contributed by atoms with Gasteiger partial charge in [-0.25, -0.2) is 9.69 Å². The van der Waals surface area contributed by atoms with Crippen molar-refractivity contribution < 1.29 is 29.0 Å². The van der Waals surface area contributed by atoms with Crippen molar-refractivity contribution in [3.05, 3.63) is 59.9 Å². The summed E-state index contributed by atoms with van der Waals surface area (Å²) in [7, 11) is 0. The van der Waals surface area contributed by atoms with Gasteiger partial charge in [0.2, 0.25) is 5.91 Å². The Kier molecular flexibility index (Phi) is 7.63. The number of allylic oxidation sites excluding steroid dienone is 2. The first-order valence-electron chi connectivity index (χ1n) is 10.7. The predicted octanol–water partition coefficient (Wildman–Crippen LogP) is 3.69. The fourth-order valence-corrected chi connectivity index (χ4v) is 3.84. The Morgan fingerprint density at radius 3 is 2.58 bits per heavy atom. The Morgan fingerprint density at radius 1 is 1.13 bits per heavy atom. The van der Waals surface area contributed by atoms with Crippen molar-refractivity contribution in [2.45, 2.75) is 57.8 Å². The number of carbonyl (C=O) groups excluding carboxylic acids is 3. The Labute approximate surface area is 182 Å². The van der Waals surface area contributed by atoms with Gasteiger partial charge in [0.25, 0.3) is 0 Å². The van der Waals surface area contributed by atoms with E-state index in [0.717, 1.165) is 36.1 Å². The highest BCUT2D eigenvalue weighted by atomic mass is 16.6. The molecule has 0 bridgehead atoms. The molecule has 0 radical (unpaired) electrons. The van der Waals surface area contributed by atoms with E-state index in [2.05, 4.69) is 0 Å². The number of benzene rings is 1. The highest BCUT2D eigenvalue weighted by molar-refractivity contribution is 6.01. The van der Waals surface area contributed by atoms with Crippen molar-refractivity contribution in [2.24, 2.45) is 5.92 Å². The molecule has 166 valence electrons. The third-order valence-corrected chi connectivity index (χ3v) is 5.64. The monoisotopic (exact) mass is 427 g/mol. The van der Waals surface area contributed by atoms with Gasteiger partial charge in [0, 0.05) is 6.61 Å². The first-order valence-corrected chi connectivity index (χ1v) is 10.7. The van der Waals surface area contributed by atoms with E-state index in [1.807, 2.05) is 36.4 Å². The van der Waals surface area contributed by atoms with Gasteiger partial charge in [-0.15, -0.1) is 0 Å². The van der Waals surface area contributed by atoms with Crippen LogP contribution in [0, 0.1) is 5.92 Å². The SMILES string of the molecule is C[C@H](C(=O)N1C(=O)O[C@H](c2ccccc2)[C@@H]1C)[C@H]1OC(=CCCCCCO)C=CC1=O. The van der Waals surface area contributed by atoms with Crippen molar-refractivity contribution >= 4 is 17.8 Å². The number of imide groups is 1. The Bertz CT molecular complexity index is 862. The molecule has 1 N–H and O–H groups in total. The summed E-state index contributed by atoms with van der Waals surface area (Å²) in [6.07, 6.45) is 5.93. The second-order valence-electron chi connectivity index (χ2n) is 7.91. The first-order chi connectivity index (χ1) is 14.9. The zero-order valence-electron chi connectivity index (χ0n) is 17.9. The van der Waals surface area contributed by atoms with Crippen LogP contribution in [0.1, 0.15) is 51.2 Å².